The minimum atomic E-state index is -0.692. The molecule has 12 heteroatoms. The highest BCUT2D eigenvalue weighted by Gasteiger charge is 2.42. The Hall–Kier alpha value is -3.48. The number of rotatable bonds is 11. The number of hydrogen-bond acceptors (Lipinski definition) is 8. The lowest BCUT2D eigenvalue weighted by molar-refractivity contribution is -0.130. The molecule has 0 spiro atoms. The number of para-hydroxylation sites is 1. The smallest absolute Gasteiger partial charge is 0.407 e. The second-order valence-corrected chi connectivity index (χ2v) is 13.2. The number of hydrogen-bond donors (Lipinski definition) is 3. The Balaban J connectivity index is 1.14. The van der Waals surface area contributed by atoms with Crippen molar-refractivity contribution < 1.29 is 24.2 Å². The summed E-state index contributed by atoms with van der Waals surface area (Å²) in [6, 6.07) is 9.69. The Labute approximate surface area is 264 Å². The molecule has 1 aromatic heterocycles. The Morgan fingerprint density at radius 1 is 1.07 bits per heavy atom. The molecule has 45 heavy (non-hydrogen) atoms. The van der Waals surface area contributed by atoms with Gasteiger partial charge in [0, 0.05) is 76.4 Å². The number of aliphatic hydroxyl groups excluding tert-OH is 1. The second-order valence-electron chi connectivity index (χ2n) is 13.2. The van der Waals surface area contributed by atoms with Gasteiger partial charge in [0.25, 0.3) is 11.5 Å². The summed E-state index contributed by atoms with van der Waals surface area (Å²) >= 11 is 0. The van der Waals surface area contributed by atoms with E-state index in [1.54, 1.807) is 15.5 Å². The van der Waals surface area contributed by atoms with Crippen LogP contribution in [0.5, 0.6) is 0 Å². The Bertz CT molecular complexity index is 1430. The van der Waals surface area contributed by atoms with E-state index >= 15 is 0 Å². The van der Waals surface area contributed by atoms with Crippen molar-refractivity contribution in [3.63, 3.8) is 0 Å². The highest BCUT2D eigenvalue weighted by Crippen LogP contribution is 2.36. The number of amides is 3. The predicted octanol–water partition coefficient (Wildman–Crippen LogP) is 1.95. The average Bonchev–Trinajstić information content (AvgIpc) is 3.53. The van der Waals surface area contributed by atoms with Crippen molar-refractivity contribution in [3.8, 4) is 0 Å². The van der Waals surface area contributed by atoms with Gasteiger partial charge in [-0.15, -0.1) is 0 Å². The van der Waals surface area contributed by atoms with Crippen LogP contribution in [0.2, 0.25) is 0 Å². The van der Waals surface area contributed by atoms with Crippen molar-refractivity contribution in [1.29, 1.82) is 0 Å². The van der Waals surface area contributed by atoms with E-state index in [1.807, 2.05) is 38.1 Å². The van der Waals surface area contributed by atoms with E-state index in [4.69, 9.17) is 0 Å². The predicted molar refractivity (Wildman–Crippen MR) is 171 cm³/mol. The van der Waals surface area contributed by atoms with Gasteiger partial charge in [-0.05, 0) is 63.5 Å². The zero-order chi connectivity index (χ0) is 32.2. The zero-order valence-electron chi connectivity index (χ0n) is 26.9. The molecule has 1 aromatic carbocycles. The summed E-state index contributed by atoms with van der Waals surface area (Å²) in [6.45, 7) is 8.85. The molecule has 4 unspecified atom stereocenters. The van der Waals surface area contributed by atoms with Crippen LogP contribution in [-0.2, 0) is 9.53 Å². The van der Waals surface area contributed by atoms with E-state index in [-0.39, 0.29) is 59.7 Å². The first-order valence-corrected chi connectivity index (χ1v) is 16.2. The van der Waals surface area contributed by atoms with E-state index in [9.17, 15) is 24.3 Å². The summed E-state index contributed by atoms with van der Waals surface area (Å²) in [5.74, 6) is -0.410. The van der Waals surface area contributed by atoms with Crippen molar-refractivity contribution >= 4 is 28.8 Å². The molecule has 4 atom stereocenters. The number of piperidine rings is 1. The maximum absolute atomic E-state index is 13.4. The molecule has 246 valence electrons. The molecule has 2 aromatic rings. The fourth-order valence-corrected chi connectivity index (χ4v) is 7.49. The largest absolute Gasteiger partial charge is 0.453 e. The molecular weight excluding hydrogens is 576 g/mol. The first kappa shape index (κ1) is 32.9. The van der Waals surface area contributed by atoms with Crippen LogP contribution in [-0.4, -0.2) is 119 Å². The number of fused-ring (bicyclic) bond motifs is 3. The minimum absolute atomic E-state index is 0.0309. The van der Waals surface area contributed by atoms with E-state index in [0.717, 1.165) is 49.6 Å². The standard InChI is InChI=1S/C33H48N6O6/c1-21(2)39-30-8-6-5-7-23(30)15-29(32(39)43)31(42)34-25-16-26-9-10-27(17-25)38(26)20-28(41)19-37(22(3)40)14-13-36-12-11-24(18-36)35-33(44)45-4/h5-8,15,21,24-28,41H,9-14,16-20H2,1-4H3,(H,34,42)(H,35,44). The van der Waals surface area contributed by atoms with Gasteiger partial charge in [-0.2, -0.15) is 0 Å². The molecule has 3 N–H and O–H groups in total. The fourth-order valence-electron chi connectivity index (χ4n) is 7.49. The topological polar surface area (TPSA) is 136 Å². The van der Waals surface area contributed by atoms with Crippen LogP contribution in [0, 0.1) is 0 Å². The minimum Gasteiger partial charge on any atom is -0.453 e. The van der Waals surface area contributed by atoms with Crippen LogP contribution >= 0.6 is 0 Å². The molecule has 4 heterocycles. The van der Waals surface area contributed by atoms with Gasteiger partial charge in [0.05, 0.1) is 18.7 Å². The second kappa shape index (κ2) is 14.3. The molecule has 3 amide bonds. The summed E-state index contributed by atoms with van der Waals surface area (Å²) in [5.41, 5.74) is 0.711. The summed E-state index contributed by atoms with van der Waals surface area (Å²) in [5, 5.41) is 17.9. The third kappa shape index (κ3) is 7.67. The molecule has 3 saturated heterocycles. The van der Waals surface area contributed by atoms with Crippen LogP contribution in [0.3, 0.4) is 0 Å². The maximum Gasteiger partial charge on any atom is 0.407 e. The third-order valence-electron chi connectivity index (χ3n) is 9.69. The van der Waals surface area contributed by atoms with Gasteiger partial charge in [-0.3, -0.25) is 24.2 Å². The average molecular weight is 625 g/mol. The fraction of sp³-hybridized carbons (Fsp3) is 0.636. The van der Waals surface area contributed by atoms with Crippen molar-refractivity contribution in [2.75, 3.05) is 46.4 Å². The first-order valence-electron chi connectivity index (χ1n) is 16.2. The SMILES string of the molecule is COC(=O)NC1CCN(CCN(CC(O)CN2C3CCC2CC(NC(=O)c2cc4ccccc4n(C(C)C)c2=O)C3)C(C)=O)C1. The van der Waals surface area contributed by atoms with Gasteiger partial charge in [0.2, 0.25) is 5.91 Å². The highest BCUT2D eigenvalue weighted by molar-refractivity contribution is 5.97. The Morgan fingerprint density at radius 3 is 2.44 bits per heavy atom. The number of pyridine rings is 1. The van der Waals surface area contributed by atoms with Crippen LogP contribution in [0.15, 0.2) is 35.1 Å². The van der Waals surface area contributed by atoms with Crippen LogP contribution in [0.25, 0.3) is 10.9 Å². The van der Waals surface area contributed by atoms with E-state index < -0.39 is 12.2 Å². The lowest BCUT2D eigenvalue weighted by Gasteiger charge is -2.40. The number of carbonyl (C=O) groups excluding carboxylic acids is 3. The van der Waals surface area contributed by atoms with Crippen molar-refractivity contribution in [2.24, 2.45) is 0 Å². The number of nitrogens with one attached hydrogen (secondary N) is 2. The number of aromatic nitrogens is 1. The van der Waals surface area contributed by atoms with Crippen molar-refractivity contribution in [1.82, 2.24) is 29.9 Å². The molecule has 0 radical (unpaired) electrons. The molecule has 0 aliphatic carbocycles. The number of likely N-dealkylation sites (tertiary alicyclic amines) is 1. The Kier molecular flexibility index (Phi) is 10.5. The lowest BCUT2D eigenvalue weighted by atomic mass is 9.96. The van der Waals surface area contributed by atoms with Gasteiger partial charge in [-0.1, -0.05) is 18.2 Å². The van der Waals surface area contributed by atoms with Gasteiger partial charge in [-0.25, -0.2) is 4.79 Å². The molecule has 5 rings (SSSR count). The summed E-state index contributed by atoms with van der Waals surface area (Å²) < 4.78 is 6.37. The number of alkyl carbamates (subject to hydrolysis) is 1. The number of nitrogens with zero attached hydrogens (tertiary/aromatic N) is 4. The van der Waals surface area contributed by atoms with Crippen LogP contribution in [0.1, 0.15) is 69.3 Å². The molecule has 3 aliphatic heterocycles. The molecule has 12 nitrogen and oxygen atoms in total. The number of aliphatic hydroxyl groups is 1. The molecule has 3 fully saturated rings. The van der Waals surface area contributed by atoms with Crippen molar-refractivity contribution in [2.45, 2.75) is 89.2 Å². The molecule has 0 saturated carbocycles. The van der Waals surface area contributed by atoms with Gasteiger partial charge >= 0.3 is 6.09 Å². The zero-order valence-corrected chi connectivity index (χ0v) is 26.9. The first-order chi connectivity index (χ1) is 21.5. The monoisotopic (exact) mass is 624 g/mol. The number of benzene rings is 1. The summed E-state index contributed by atoms with van der Waals surface area (Å²) in [4.78, 5) is 57.0. The lowest BCUT2D eigenvalue weighted by Crippen LogP contribution is -2.54. The normalized spacial score (nSPS) is 24.1. The highest BCUT2D eigenvalue weighted by atomic mass is 16.5. The van der Waals surface area contributed by atoms with Gasteiger partial charge in [0.1, 0.15) is 5.56 Å². The summed E-state index contributed by atoms with van der Waals surface area (Å²) in [7, 11) is 1.35. The number of methoxy groups -OCH3 is 1. The molecule has 2 bridgehead atoms. The van der Waals surface area contributed by atoms with E-state index in [2.05, 4.69) is 25.2 Å². The van der Waals surface area contributed by atoms with Crippen LogP contribution in [0.4, 0.5) is 4.79 Å². The van der Waals surface area contributed by atoms with Gasteiger partial charge in [0.15, 0.2) is 0 Å². The van der Waals surface area contributed by atoms with Crippen LogP contribution < -0.4 is 16.2 Å². The Morgan fingerprint density at radius 2 is 1.78 bits per heavy atom. The molecular formula is C33H48N6O6. The number of ether oxygens (including phenoxy) is 1. The molecule has 3 aliphatic rings. The quantitative estimate of drug-likeness (QED) is 0.345. The number of carbonyl (C=O) groups is 3. The van der Waals surface area contributed by atoms with E-state index in [1.165, 1.54) is 14.0 Å². The van der Waals surface area contributed by atoms with E-state index in [0.29, 0.717) is 26.2 Å². The van der Waals surface area contributed by atoms with Gasteiger partial charge < -0.3 is 29.9 Å². The van der Waals surface area contributed by atoms with Crippen molar-refractivity contribution in [3.05, 3.63) is 46.2 Å². The summed E-state index contributed by atoms with van der Waals surface area (Å²) in [6.07, 6.45) is 3.20. The maximum atomic E-state index is 13.4. The third-order valence-corrected chi connectivity index (χ3v) is 9.69.